The van der Waals surface area contributed by atoms with Crippen molar-refractivity contribution in [1.82, 2.24) is 4.90 Å². The van der Waals surface area contributed by atoms with Gasteiger partial charge in [0.15, 0.2) is 0 Å². The lowest BCUT2D eigenvalue weighted by Crippen LogP contribution is -2.29. The molecule has 1 saturated heterocycles. The molecule has 1 aliphatic heterocycles. The Bertz CT molecular complexity index is 1000. The Hall–Kier alpha value is -2.22. The summed E-state index contributed by atoms with van der Waals surface area (Å²) in [4.78, 5) is 27.0. The van der Waals surface area contributed by atoms with Gasteiger partial charge in [0, 0.05) is 23.1 Å². The molecule has 0 aromatic heterocycles. The highest BCUT2D eigenvalue weighted by Crippen LogP contribution is 2.32. The van der Waals surface area contributed by atoms with Crippen molar-refractivity contribution in [2.45, 2.75) is 19.8 Å². The number of anilines is 1. The SMILES string of the molecule is CC(/C=C1\SC(=S)N(CCCC(=O)Nc2ccc(Br)cc2)C1=O)=C\c1ccccc1. The Morgan fingerprint density at radius 3 is 2.57 bits per heavy atom. The Kier molecular flexibility index (Phi) is 8.01. The van der Waals surface area contributed by atoms with Gasteiger partial charge in [-0.15, -0.1) is 0 Å². The number of nitrogens with zero attached hydrogens (tertiary/aromatic N) is 1. The Morgan fingerprint density at radius 1 is 1.17 bits per heavy atom. The molecule has 0 atom stereocenters. The summed E-state index contributed by atoms with van der Waals surface area (Å²) in [5.74, 6) is -0.181. The third-order valence-corrected chi connectivity index (χ3v) is 6.25. The number of halogens is 1. The monoisotopic (exact) mass is 500 g/mol. The van der Waals surface area contributed by atoms with Crippen LogP contribution in [-0.4, -0.2) is 27.6 Å². The molecule has 0 bridgehead atoms. The highest BCUT2D eigenvalue weighted by atomic mass is 79.9. The van der Waals surface area contributed by atoms with Gasteiger partial charge in [0.1, 0.15) is 4.32 Å². The van der Waals surface area contributed by atoms with Crippen LogP contribution in [0.5, 0.6) is 0 Å². The summed E-state index contributed by atoms with van der Waals surface area (Å²) in [6.45, 7) is 2.39. The molecule has 2 aromatic carbocycles. The van der Waals surface area contributed by atoms with Crippen LogP contribution in [0.15, 0.2) is 75.6 Å². The third-order valence-electron chi connectivity index (χ3n) is 4.34. The first-order valence-corrected chi connectivity index (χ1v) is 11.5. The number of thiocarbonyl (C=S) groups is 1. The molecule has 0 unspecified atom stereocenters. The number of benzene rings is 2. The van der Waals surface area contributed by atoms with Crippen molar-refractivity contribution >= 4 is 67.8 Å². The summed E-state index contributed by atoms with van der Waals surface area (Å²) in [5.41, 5.74) is 2.81. The highest BCUT2D eigenvalue weighted by molar-refractivity contribution is 9.10. The second-order valence-electron chi connectivity index (χ2n) is 6.79. The Balaban J connectivity index is 1.52. The lowest BCUT2D eigenvalue weighted by Gasteiger charge is -2.14. The van der Waals surface area contributed by atoms with E-state index in [4.69, 9.17) is 12.2 Å². The van der Waals surface area contributed by atoms with E-state index in [0.717, 1.165) is 21.3 Å². The van der Waals surface area contributed by atoms with Crippen LogP contribution in [-0.2, 0) is 9.59 Å². The summed E-state index contributed by atoms with van der Waals surface area (Å²) in [6, 6.07) is 17.4. The number of thioether (sulfide) groups is 1. The molecule has 2 aromatic rings. The zero-order valence-electron chi connectivity index (χ0n) is 16.4. The average Bonchev–Trinajstić information content (AvgIpc) is 2.97. The van der Waals surface area contributed by atoms with Crippen LogP contribution in [0.1, 0.15) is 25.3 Å². The molecule has 0 spiro atoms. The number of allylic oxidation sites excluding steroid dienone is 2. The van der Waals surface area contributed by atoms with Gasteiger partial charge < -0.3 is 5.32 Å². The van der Waals surface area contributed by atoms with Crippen LogP contribution in [0.3, 0.4) is 0 Å². The predicted molar refractivity (Wildman–Crippen MR) is 132 cm³/mol. The molecule has 30 heavy (non-hydrogen) atoms. The van der Waals surface area contributed by atoms with Crippen LogP contribution in [0.25, 0.3) is 6.08 Å². The van der Waals surface area contributed by atoms with Crippen molar-refractivity contribution in [3.63, 3.8) is 0 Å². The van der Waals surface area contributed by atoms with Gasteiger partial charge in [-0.2, -0.15) is 0 Å². The second-order valence-corrected chi connectivity index (χ2v) is 9.38. The molecule has 1 N–H and O–H groups in total. The quantitative estimate of drug-likeness (QED) is 0.373. The minimum Gasteiger partial charge on any atom is -0.326 e. The molecule has 3 rings (SSSR count). The first-order chi connectivity index (χ1) is 14.4. The van der Waals surface area contributed by atoms with E-state index >= 15 is 0 Å². The van der Waals surface area contributed by atoms with Gasteiger partial charge in [0.25, 0.3) is 5.91 Å². The van der Waals surface area contributed by atoms with E-state index in [9.17, 15) is 9.59 Å². The number of carbonyl (C=O) groups is 2. The molecule has 1 heterocycles. The summed E-state index contributed by atoms with van der Waals surface area (Å²) < 4.78 is 1.49. The highest BCUT2D eigenvalue weighted by Gasteiger charge is 2.31. The first-order valence-electron chi connectivity index (χ1n) is 9.46. The van der Waals surface area contributed by atoms with Crippen molar-refractivity contribution in [2.24, 2.45) is 0 Å². The lowest BCUT2D eigenvalue weighted by atomic mass is 10.1. The number of rotatable bonds is 7. The van der Waals surface area contributed by atoms with Crippen molar-refractivity contribution in [3.05, 3.63) is 81.2 Å². The van der Waals surface area contributed by atoms with Gasteiger partial charge >= 0.3 is 0 Å². The second kappa shape index (κ2) is 10.7. The zero-order valence-corrected chi connectivity index (χ0v) is 19.6. The molecular formula is C23H21BrN2O2S2. The summed E-state index contributed by atoms with van der Waals surface area (Å²) in [5, 5.41) is 2.85. The maximum absolute atomic E-state index is 12.7. The topological polar surface area (TPSA) is 49.4 Å². The lowest BCUT2D eigenvalue weighted by molar-refractivity contribution is -0.122. The molecule has 0 aliphatic carbocycles. The van der Waals surface area contributed by atoms with E-state index < -0.39 is 0 Å². The van der Waals surface area contributed by atoms with Crippen LogP contribution >= 0.6 is 39.9 Å². The minimum atomic E-state index is -0.0980. The van der Waals surface area contributed by atoms with Crippen LogP contribution in [0.2, 0.25) is 0 Å². The molecule has 2 amide bonds. The van der Waals surface area contributed by atoms with Crippen molar-refractivity contribution in [3.8, 4) is 0 Å². The Morgan fingerprint density at radius 2 is 1.87 bits per heavy atom. The fourth-order valence-electron chi connectivity index (χ4n) is 2.91. The van der Waals surface area contributed by atoms with E-state index in [1.165, 1.54) is 11.8 Å². The molecule has 7 heteroatoms. The van der Waals surface area contributed by atoms with Crippen molar-refractivity contribution in [2.75, 3.05) is 11.9 Å². The van der Waals surface area contributed by atoms with E-state index in [1.54, 1.807) is 4.90 Å². The van der Waals surface area contributed by atoms with Gasteiger partial charge in [-0.05, 0) is 54.8 Å². The van der Waals surface area contributed by atoms with E-state index in [0.29, 0.717) is 28.6 Å². The molecular weight excluding hydrogens is 480 g/mol. The molecule has 0 radical (unpaired) electrons. The minimum absolute atomic E-state index is 0.0834. The summed E-state index contributed by atoms with van der Waals surface area (Å²) in [7, 11) is 0. The molecule has 154 valence electrons. The van der Waals surface area contributed by atoms with Crippen molar-refractivity contribution < 1.29 is 9.59 Å². The fourth-order valence-corrected chi connectivity index (χ4v) is 4.53. The van der Waals surface area contributed by atoms with Crippen LogP contribution in [0.4, 0.5) is 5.69 Å². The Labute approximate surface area is 194 Å². The summed E-state index contributed by atoms with van der Waals surface area (Å²) >= 11 is 10.0. The van der Waals surface area contributed by atoms with Crippen LogP contribution in [0, 0.1) is 0 Å². The van der Waals surface area contributed by atoms with Crippen molar-refractivity contribution in [1.29, 1.82) is 0 Å². The van der Waals surface area contributed by atoms with E-state index in [2.05, 4.69) is 21.2 Å². The first kappa shape index (κ1) is 22.5. The van der Waals surface area contributed by atoms with E-state index in [-0.39, 0.29) is 11.8 Å². The van der Waals surface area contributed by atoms with E-state index in [1.807, 2.05) is 73.7 Å². The largest absolute Gasteiger partial charge is 0.326 e. The van der Waals surface area contributed by atoms with Gasteiger partial charge in [0.05, 0.1) is 4.91 Å². The molecule has 1 fully saturated rings. The number of hydrogen-bond donors (Lipinski definition) is 1. The number of amides is 2. The number of carbonyl (C=O) groups excluding carboxylic acids is 2. The molecule has 0 saturated carbocycles. The number of nitrogens with one attached hydrogen (secondary N) is 1. The normalized spacial score (nSPS) is 15.7. The van der Waals surface area contributed by atoms with Gasteiger partial charge in [-0.1, -0.05) is 76.3 Å². The average molecular weight is 501 g/mol. The molecule has 4 nitrogen and oxygen atoms in total. The number of hydrogen-bond acceptors (Lipinski definition) is 4. The van der Waals surface area contributed by atoms with Crippen LogP contribution < -0.4 is 5.32 Å². The fraction of sp³-hybridized carbons (Fsp3) is 0.174. The third kappa shape index (κ3) is 6.39. The van der Waals surface area contributed by atoms with Gasteiger partial charge in [-0.3, -0.25) is 14.5 Å². The van der Waals surface area contributed by atoms with Gasteiger partial charge in [0.2, 0.25) is 5.91 Å². The standard InChI is InChI=1S/C23H21BrN2O2S2/c1-16(14-17-6-3-2-4-7-17)15-20-22(28)26(23(29)30-20)13-5-8-21(27)25-19-11-9-18(24)10-12-19/h2-4,6-7,9-12,14-15H,5,8,13H2,1H3,(H,25,27)/b16-14+,20-15-. The summed E-state index contributed by atoms with van der Waals surface area (Å²) in [6.07, 6.45) is 4.76. The smallest absolute Gasteiger partial charge is 0.266 e. The maximum Gasteiger partial charge on any atom is 0.266 e. The predicted octanol–water partition coefficient (Wildman–Crippen LogP) is 6.02. The molecule has 1 aliphatic rings. The maximum atomic E-state index is 12.7. The zero-order chi connectivity index (χ0) is 21.5. The van der Waals surface area contributed by atoms with Gasteiger partial charge in [-0.25, -0.2) is 0 Å².